The van der Waals surface area contributed by atoms with Crippen LogP contribution in [0.3, 0.4) is 0 Å². The highest BCUT2D eigenvalue weighted by Gasteiger charge is 2.29. The van der Waals surface area contributed by atoms with Crippen LogP contribution in [0.4, 0.5) is 4.79 Å². The highest BCUT2D eigenvalue weighted by Crippen LogP contribution is 2.44. The molecule has 0 saturated carbocycles. The van der Waals surface area contributed by atoms with Crippen molar-refractivity contribution in [2.75, 3.05) is 166 Å². The summed E-state index contributed by atoms with van der Waals surface area (Å²) in [4.78, 5) is 14.2. The zero-order valence-electron chi connectivity index (χ0n) is 42.3. The van der Waals surface area contributed by atoms with Crippen molar-refractivity contribution in [1.82, 2.24) is 4.90 Å². The van der Waals surface area contributed by atoms with E-state index >= 15 is 0 Å². The number of benzene rings is 2. The monoisotopic (exact) mass is 962 g/mol. The van der Waals surface area contributed by atoms with Crippen molar-refractivity contribution in [3.05, 3.63) is 59.7 Å². The van der Waals surface area contributed by atoms with Gasteiger partial charge in [-0.3, -0.25) is 0 Å². The van der Waals surface area contributed by atoms with Crippen LogP contribution < -0.4 is 0 Å². The van der Waals surface area contributed by atoms with Gasteiger partial charge in [-0.15, -0.1) is 0 Å². The Kier molecular flexibility index (Phi) is 38.8. The van der Waals surface area contributed by atoms with Gasteiger partial charge >= 0.3 is 6.09 Å². The van der Waals surface area contributed by atoms with Crippen molar-refractivity contribution in [1.29, 1.82) is 0 Å². The van der Waals surface area contributed by atoms with E-state index in [4.69, 9.17) is 56.8 Å². The first-order valence-corrected chi connectivity index (χ1v) is 26.1. The maximum absolute atomic E-state index is 12.6. The van der Waals surface area contributed by atoms with Crippen LogP contribution in [-0.2, 0) is 56.8 Å². The Morgan fingerprint density at radius 2 is 0.662 bits per heavy atom. The third-order valence-electron chi connectivity index (χ3n) is 11.6. The fourth-order valence-corrected chi connectivity index (χ4v) is 7.70. The number of unbranched alkanes of at least 4 members (excludes halogenated alkanes) is 13. The normalized spacial score (nSPS) is 12.2. The van der Waals surface area contributed by atoms with Crippen LogP contribution >= 0.6 is 0 Å². The summed E-state index contributed by atoms with van der Waals surface area (Å²) in [6.45, 7) is 14.5. The SMILES string of the molecule is CCCCCCCCCCCCCCCCOCCOCCOCCOCCOCCOCCOCCOCCOCCOCCOCCN(C)C(=O)OCC1c2ccccc2-c2ccccc21. The number of nitrogens with zero attached hydrogens (tertiary/aromatic N) is 1. The standard InChI is InChI=1S/C54H91NO13/c1-3-4-5-6-7-8-9-10-11-12-13-14-15-20-26-57-28-30-59-32-34-61-36-38-63-40-42-65-44-46-67-47-45-66-43-41-64-39-37-62-35-33-60-31-29-58-27-25-55(2)54(56)68-48-53-51-23-18-16-21-49(51)50-22-17-19-24-52(50)53/h16-19,21-24,53H,3-15,20,25-48H2,1-2H3. The van der Waals surface area contributed by atoms with Gasteiger partial charge in [-0.1, -0.05) is 139 Å². The van der Waals surface area contributed by atoms with E-state index in [1.165, 1.54) is 111 Å². The summed E-state index contributed by atoms with van der Waals surface area (Å²) >= 11 is 0. The molecule has 14 heteroatoms. The fourth-order valence-electron chi connectivity index (χ4n) is 7.70. The van der Waals surface area contributed by atoms with Crippen LogP contribution in [0.1, 0.15) is 114 Å². The third-order valence-corrected chi connectivity index (χ3v) is 11.6. The second-order valence-corrected chi connectivity index (χ2v) is 17.1. The predicted molar refractivity (Wildman–Crippen MR) is 267 cm³/mol. The Hall–Kier alpha value is -2.73. The van der Waals surface area contributed by atoms with Crippen LogP contribution in [-0.4, -0.2) is 177 Å². The van der Waals surface area contributed by atoms with E-state index < -0.39 is 0 Å². The predicted octanol–water partition coefficient (Wildman–Crippen LogP) is 9.53. The van der Waals surface area contributed by atoms with Crippen molar-refractivity contribution in [2.45, 2.75) is 103 Å². The lowest BCUT2D eigenvalue weighted by atomic mass is 9.98. The van der Waals surface area contributed by atoms with E-state index in [2.05, 4.69) is 31.2 Å². The van der Waals surface area contributed by atoms with Crippen LogP contribution in [0.15, 0.2) is 48.5 Å². The average molecular weight is 962 g/mol. The Bertz CT molecular complexity index is 1390. The Morgan fingerprint density at radius 3 is 1.00 bits per heavy atom. The van der Waals surface area contributed by atoms with Gasteiger partial charge in [0.25, 0.3) is 0 Å². The average Bonchev–Trinajstić information content (AvgIpc) is 3.68. The second kappa shape index (κ2) is 44.2. The summed E-state index contributed by atoms with van der Waals surface area (Å²) in [5.41, 5.74) is 4.80. The molecule has 0 N–H and O–H groups in total. The molecule has 0 aliphatic heterocycles. The lowest BCUT2D eigenvalue weighted by molar-refractivity contribution is -0.0276. The van der Waals surface area contributed by atoms with Crippen molar-refractivity contribution in [3.63, 3.8) is 0 Å². The Labute approximate surface area is 410 Å². The van der Waals surface area contributed by atoms with Gasteiger partial charge in [0.1, 0.15) is 6.61 Å². The maximum Gasteiger partial charge on any atom is 0.409 e. The van der Waals surface area contributed by atoms with E-state index in [-0.39, 0.29) is 12.0 Å². The number of fused-ring (bicyclic) bond motifs is 3. The van der Waals surface area contributed by atoms with E-state index in [1.807, 2.05) is 24.3 Å². The molecule has 0 unspecified atom stereocenters. The smallest absolute Gasteiger partial charge is 0.409 e. The second-order valence-electron chi connectivity index (χ2n) is 17.1. The minimum atomic E-state index is -0.362. The third kappa shape index (κ3) is 30.8. The number of amides is 1. The van der Waals surface area contributed by atoms with Crippen LogP contribution in [0.5, 0.6) is 0 Å². The van der Waals surface area contributed by atoms with Crippen molar-refractivity contribution < 1.29 is 61.6 Å². The molecule has 0 spiro atoms. The molecular formula is C54H91NO13. The molecule has 2 aromatic rings. The van der Waals surface area contributed by atoms with Crippen molar-refractivity contribution in [3.8, 4) is 11.1 Å². The first-order valence-electron chi connectivity index (χ1n) is 26.1. The van der Waals surface area contributed by atoms with E-state index in [1.54, 1.807) is 7.05 Å². The summed E-state index contributed by atoms with van der Waals surface area (Å²) < 4.78 is 67.0. The van der Waals surface area contributed by atoms with Gasteiger partial charge in [0.2, 0.25) is 0 Å². The number of carbonyl (C=O) groups excluding carboxylic acids is 1. The highest BCUT2D eigenvalue weighted by atomic mass is 16.6. The molecule has 1 aliphatic carbocycles. The van der Waals surface area contributed by atoms with E-state index in [0.29, 0.717) is 152 Å². The van der Waals surface area contributed by atoms with Gasteiger partial charge in [-0.25, -0.2) is 4.79 Å². The number of ether oxygens (including phenoxy) is 12. The van der Waals surface area contributed by atoms with Crippen molar-refractivity contribution >= 4 is 6.09 Å². The number of hydrogen-bond donors (Lipinski definition) is 0. The minimum absolute atomic E-state index is 0.0380. The Morgan fingerprint density at radius 1 is 0.382 bits per heavy atom. The fraction of sp³-hybridized carbons (Fsp3) is 0.759. The molecule has 0 atom stereocenters. The zero-order chi connectivity index (χ0) is 48.1. The Balaban J connectivity index is 0.908. The molecule has 0 radical (unpaired) electrons. The van der Waals surface area contributed by atoms with Crippen LogP contribution in [0.25, 0.3) is 11.1 Å². The first-order chi connectivity index (χ1) is 33.7. The summed E-state index contributed by atoms with van der Waals surface area (Å²) in [6.07, 6.45) is 18.8. The largest absolute Gasteiger partial charge is 0.448 e. The quantitative estimate of drug-likeness (QED) is 0.0584. The summed E-state index contributed by atoms with van der Waals surface area (Å²) in [6, 6.07) is 16.6. The molecule has 1 aliphatic rings. The molecule has 1 amide bonds. The zero-order valence-corrected chi connectivity index (χ0v) is 42.3. The molecule has 2 aromatic carbocycles. The number of hydrogen-bond acceptors (Lipinski definition) is 13. The highest BCUT2D eigenvalue weighted by molar-refractivity contribution is 5.79. The van der Waals surface area contributed by atoms with Gasteiger partial charge in [0.15, 0.2) is 0 Å². The van der Waals surface area contributed by atoms with Gasteiger partial charge < -0.3 is 61.7 Å². The number of carbonyl (C=O) groups is 1. The number of rotatable bonds is 50. The molecule has 0 heterocycles. The molecule has 0 saturated heterocycles. The lowest BCUT2D eigenvalue weighted by Gasteiger charge is -2.19. The van der Waals surface area contributed by atoms with Crippen LogP contribution in [0, 0.1) is 0 Å². The van der Waals surface area contributed by atoms with Gasteiger partial charge in [0, 0.05) is 26.1 Å². The molecule has 390 valence electrons. The van der Waals surface area contributed by atoms with E-state index in [9.17, 15) is 4.79 Å². The maximum atomic E-state index is 12.6. The topological polar surface area (TPSA) is 131 Å². The molecule has 0 fully saturated rings. The summed E-state index contributed by atoms with van der Waals surface area (Å²) in [7, 11) is 1.72. The minimum Gasteiger partial charge on any atom is -0.448 e. The van der Waals surface area contributed by atoms with Gasteiger partial charge in [-0.2, -0.15) is 0 Å². The molecule has 14 nitrogen and oxygen atoms in total. The van der Waals surface area contributed by atoms with Gasteiger partial charge in [-0.05, 0) is 28.7 Å². The number of likely N-dealkylation sites (N-methyl/N-ethyl adjacent to an activating group) is 1. The summed E-state index contributed by atoms with van der Waals surface area (Å²) in [5, 5.41) is 0. The molecule has 0 aromatic heterocycles. The lowest BCUT2D eigenvalue weighted by Crippen LogP contribution is -2.32. The summed E-state index contributed by atoms with van der Waals surface area (Å²) in [5.74, 6) is 0.0380. The van der Waals surface area contributed by atoms with E-state index in [0.717, 1.165) is 13.0 Å². The molecular weight excluding hydrogens is 871 g/mol. The van der Waals surface area contributed by atoms with Crippen LogP contribution in [0.2, 0.25) is 0 Å². The molecule has 0 bridgehead atoms. The van der Waals surface area contributed by atoms with Gasteiger partial charge in [0.05, 0.1) is 139 Å². The first kappa shape index (κ1) is 59.6. The van der Waals surface area contributed by atoms with Crippen molar-refractivity contribution in [2.24, 2.45) is 0 Å². The molecule has 68 heavy (non-hydrogen) atoms. The molecule has 3 rings (SSSR count).